The van der Waals surface area contributed by atoms with Gasteiger partial charge in [-0.1, -0.05) is 11.2 Å². The minimum atomic E-state index is -4.55. The Hall–Kier alpha value is -2.38. The van der Waals surface area contributed by atoms with Crippen LogP contribution in [0.1, 0.15) is 12.5 Å². The van der Waals surface area contributed by atoms with Crippen molar-refractivity contribution in [3.05, 3.63) is 29.8 Å². The van der Waals surface area contributed by atoms with Gasteiger partial charge in [0.25, 0.3) is 5.91 Å². The summed E-state index contributed by atoms with van der Waals surface area (Å²) in [4.78, 5) is 22.3. The lowest BCUT2D eigenvalue weighted by molar-refractivity contribution is -0.137. The highest BCUT2D eigenvalue weighted by Gasteiger charge is 2.30. The van der Waals surface area contributed by atoms with Crippen LogP contribution in [0.5, 0.6) is 0 Å². The van der Waals surface area contributed by atoms with E-state index in [1.807, 2.05) is 5.32 Å². The largest absolute Gasteiger partial charge is 0.416 e. The minimum Gasteiger partial charge on any atom is -0.410 e. The zero-order valence-electron chi connectivity index (χ0n) is 9.65. The summed E-state index contributed by atoms with van der Waals surface area (Å²) in [7, 11) is 0. The fourth-order valence-electron chi connectivity index (χ4n) is 1.24. The number of Topliss-reactive ketones (excluding diaryl/α,β-unsaturated/α-hetero) is 1. The second kappa shape index (κ2) is 5.51. The summed E-state index contributed by atoms with van der Waals surface area (Å²) in [6, 6.07) is 3.85. The summed E-state index contributed by atoms with van der Waals surface area (Å²) >= 11 is 0. The number of alkyl halides is 3. The van der Waals surface area contributed by atoms with Crippen molar-refractivity contribution >= 4 is 23.1 Å². The topological polar surface area (TPSA) is 78.8 Å². The van der Waals surface area contributed by atoms with Crippen LogP contribution in [0.4, 0.5) is 18.9 Å². The lowest BCUT2D eigenvalue weighted by Crippen LogP contribution is -2.28. The zero-order chi connectivity index (χ0) is 14.6. The number of nitrogens with zero attached hydrogens (tertiary/aromatic N) is 1. The maximum Gasteiger partial charge on any atom is 0.416 e. The number of anilines is 1. The molecule has 0 heterocycles. The van der Waals surface area contributed by atoms with Crippen LogP contribution >= 0.6 is 0 Å². The average molecular weight is 274 g/mol. The third-order valence-electron chi connectivity index (χ3n) is 2.10. The molecule has 1 amide bonds. The number of oxime groups is 1. The standard InChI is InChI=1S/C11H9F3N2O3/c1-6(17)9(16-19)10(18)15-8-4-2-3-7(5-8)11(12,13)14/h2-5,19H,1H3,(H,15,18)/b16-9-. The van der Waals surface area contributed by atoms with E-state index in [1.54, 1.807) is 0 Å². The second-order valence-electron chi connectivity index (χ2n) is 3.54. The number of carbonyl (C=O) groups excluding carboxylic acids is 2. The quantitative estimate of drug-likeness (QED) is 0.383. The molecule has 0 radical (unpaired) electrons. The summed E-state index contributed by atoms with van der Waals surface area (Å²) < 4.78 is 37.3. The molecule has 1 aromatic rings. The summed E-state index contributed by atoms with van der Waals surface area (Å²) in [5.74, 6) is -1.90. The molecule has 0 bridgehead atoms. The lowest BCUT2D eigenvalue weighted by Gasteiger charge is -2.09. The minimum absolute atomic E-state index is 0.165. The summed E-state index contributed by atoms with van der Waals surface area (Å²) in [6.07, 6.45) is -4.55. The van der Waals surface area contributed by atoms with E-state index in [-0.39, 0.29) is 5.69 Å². The van der Waals surface area contributed by atoms with Crippen LogP contribution in [-0.4, -0.2) is 22.6 Å². The Kier molecular flexibility index (Phi) is 4.26. The van der Waals surface area contributed by atoms with E-state index in [9.17, 15) is 22.8 Å². The van der Waals surface area contributed by atoms with Crippen molar-refractivity contribution in [1.82, 2.24) is 0 Å². The molecule has 0 fully saturated rings. The maximum absolute atomic E-state index is 12.4. The Morgan fingerprint density at radius 3 is 2.42 bits per heavy atom. The Labute approximate surface area is 105 Å². The molecule has 0 aliphatic rings. The van der Waals surface area contributed by atoms with Gasteiger partial charge in [-0.2, -0.15) is 13.2 Å². The molecule has 1 rings (SSSR count). The fourth-order valence-corrected chi connectivity index (χ4v) is 1.24. The molecule has 8 heteroatoms. The molecule has 0 saturated heterocycles. The van der Waals surface area contributed by atoms with Gasteiger partial charge in [0.05, 0.1) is 5.56 Å². The smallest absolute Gasteiger partial charge is 0.410 e. The Bertz CT molecular complexity index is 538. The summed E-state index contributed by atoms with van der Waals surface area (Å²) in [5.41, 5.74) is -1.91. The number of ketones is 1. The molecule has 19 heavy (non-hydrogen) atoms. The van der Waals surface area contributed by atoms with Crippen molar-refractivity contribution < 1.29 is 28.0 Å². The average Bonchev–Trinajstić information content (AvgIpc) is 2.28. The highest BCUT2D eigenvalue weighted by molar-refractivity contribution is 6.67. The van der Waals surface area contributed by atoms with Crippen LogP contribution in [0.3, 0.4) is 0 Å². The molecule has 1 aromatic carbocycles. The third kappa shape index (κ3) is 3.80. The first-order chi connectivity index (χ1) is 8.75. The van der Waals surface area contributed by atoms with E-state index < -0.39 is 29.1 Å². The Balaban J connectivity index is 2.95. The molecule has 0 spiro atoms. The van der Waals surface area contributed by atoms with Gasteiger partial charge in [0.15, 0.2) is 5.78 Å². The van der Waals surface area contributed by atoms with E-state index in [1.165, 1.54) is 6.07 Å². The highest BCUT2D eigenvalue weighted by atomic mass is 19.4. The van der Waals surface area contributed by atoms with Crippen LogP contribution in [0.25, 0.3) is 0 Å². The van der Waals surface area contributed by atoms with Gasteiger partial charge in [0.2, 0.25) is 5.71 Å². The van der Waals surface area contributed by atoms with Gasteiger partial charge in [-0.05, 0) is 18.2 Å². The molecule has 2 N–H and O–H groups in total. The molecular weight excluding hydrogens is 265 g/mol. The van der Waals surface area contributed by atoms with E-state index in [0.29, 0.717) is 6.07 Å². The summed E-state index contributed by atoms with van der Waals surface area (Å²) in [6.45, 7) is 0.987. The van der Waals surface area contributed by atoms with Gasteiger partial charge in [-0.25, -0.2) is 0 Å². The van der Waals surface area contributed by atoms with Crippen molar-refractivity contribution in [2.45, 2.75) is 13.1 Å². The first-order valence-electron chi connectivity index (χ1n) is 4.97. The SMILES string of the molecule is CC(=O)/C(=N/O)C(=O)Nc1cccc(C(F)(F)F)c1. The Morgan fingerprint density at radius 2 is 1.95 bits per heavy atom. The highest BCUT2D eigenvalue weighted by Crippen LogP contribution is 2.30. The third-order valence-corrected chi connectivity index (χ3v) is 2.10. The first kappa shape index (κ1) is 14.7. The number of hydrogen-bond donors (Lipinski definition) is 2. The molecule has 0 saturated carbocycles. The summed E-state index contributed by atoms with van der Waals surface area (Å²) in [5, 5.41) is 13.0. The van der Waals surface area contributed by atoms with Gasteiger partial charge >= 0.3 is 6.18 Å². The number of nitrogens with one attached hydrogen (secondary N) is 1. The molecule has 0 atom stereocenters. The van der Waals surface area contributed by atoms with Gasteiger partial charge in [0.1, 0.15) is 0 Å². The number of carbonyl (C=O) groups is 2. The van der Waals surface area contributed by atoms with Crippen molar-refractivity contribution in [3.63, 3.8) is 0 Å². The lowest BCUT2D eigenvalue weighted by atomic mass is 10.2. The predicted octanol–water partition coefficient (Wildman–Crippen LogP) is 2.06. The van der Waals surface area contributed by atoms with Gasteiger partial charge in [-0.3, -0.25) is 9.59 Å². The van der Waals surface area contributed by atoms with Crippen LogP contribution in [0.15, 0.2) is 29.4 Å². The first-order valence-corrected chi connectivity index (χ1v) is 4.97. The molecule has 0 aliphatic carbocycles. The van der Waals surface area contributed by atoms with Crippen LogP contribution in [0, 0.1) is 0 Å². The normalized spacial score (nSPS) is 12.1. The molecule has 0 aliphatic heterocycles. The second-order valence-corrected chi connectivity index (χ2v) is 3.54. The van der Waals surface area contributed by atoms with E-state index in [2.05, 4.69) is 5.16 Å². The number of halogens is 3. The van der Waals surface area contributed by atoms with Crippen LogP contribution in [-0.2, 0) is 15.8 Å². The number of hydrogen-bond acceptors (Lipinski definition) is 4. The van der Waals surface area contributed by atoms with Crippen molar-refractivity contribution in [2.24, 2.45) is 5.16 Å². The molecule has 5 nitrogen and oxygen atoms in total. The Morgan fingerprint density at radius 1 is 1.32 bits per heavy atom. The molecular formula is C11H9F3N2O3. The zero-order valence-corrected chi connectivity index (χ0v) is 9.65. The fraction of sp³-hybridized carbons (Fsp3) is 0.182. The van der Waals surface area contributed by atoms with Gasteiger partial charge < -0.3 is 10.5 Å². The molecule has 102 valence electrons. The van der Waals surface area contributed by atoms with Crippen molar-refractivity contribution in [3.8, 4) is 0 Å². The van der Waals surface area contributed by atoms with Crippen molar-refractivity contribution in [2.75, 3.05) is 5.32 Å². The van der Waals surface area contributed by atoms with Gasteiger partial charge in [-0.15, -0.1) is 0 Å². The van der Waals surface area contributed by atoms with E-state index in [0.717, 1.165) is 19.1 Å². The maximum atomic E-state index is 12.4. The predicted molar refractivity (Wildman–Crippen MR) is 60.0 cm³/mol. The van der Waals surface area contributed by atoms with E-state index in [4.69, 9.17) is 5.21 Å². The number of benzene rings is 1. The van der Waals surface area contributed by atoms with E-state index >= 15 is 0 Å². The van der Waals surface area contributed by atoms with Crippen LogP contribution < -0.4 is 5.32 Å². The monoisotopic (exact) mass is 274 g/mol. The van der Waals surface area contributed by atoms with Gasteiger partial charge in [0, 0.05) is 12.6 Å². The molecule has 0 unspecified atom stereocenters. The number of rotatable bonds is 3. The van der Waals surface area contributed by atoms with Crippen LogP contribution in [0.2, 0.25) is 0 Å². The molecule has 0 aromatic heterocycles. The van der Waals surface area contributed by atoms with Crippen molar-refractivity contribution in [1.29, 1.82) is 0 Å². The number of amides is 1.